The third-order valence-electron chi connectivity index (χ3n) is 12.9. The molecule has 65 heavy (non-hydrogen) atoms. The molecule has 4 aliphatic rings. The van der Waals surface area contributed by atoms with Crippen molar-refractivity contribution in [3.05, 3.63) is 123 Å². The largest absolute Gasteiger partial charge is 0.508 e. The zero-order valence-electron chi connectivity index (χ0n) is 37.5. The summed E-state index contributed by atoms with van der Waals surface area (Å²) in [6.07, 6.45) is 14.4. The number of carbonyl (C=O) groups excluding carboxylic acids is 1. The second-order valence-electron chi connectivity index (χ2n) is 17.3. The first-order valence-electron chi connectivity index (χ1n) is 22.6. The van der Waals surface area contributed by atoms with Crippen LogP contribution in [0.4, 0.5) is 5.69 Å². The molecule has 0 amide bonds. The fourth-order valence-electron chi connectivity index (χ4n) is 9.37. The quantitative estimate of drug-likeness (QED) is 0.0223. The Morgan fingerprint density at radius 1 is 1.02 bits per heavy atom. The maximum absolute atomic E-state index is 13.8. The molecule has 12 heteroatoms. The molecular formula is C53H61N3O9. The molecule has 8 N–H and O–H groups in total. The number of aliphatic hydroxyl groups is 4. The number of anilines is 1. The highest BCUT2D eigenvalue weighted by molar-refractivity contribution is 6.01. The Kier molecular flexibility index (Phi) is 15.5. The van der Waals surface area contributed by atoms with Crippen LogP contribution in [0.2, 0.25) is 0 Å². The summed E-state index contributed by atoms with van der Waals surface area (Å²) in [5.74, 6) is 4.48. The van der Waals surface area contributed by atoms with Gasteiger partial charge in [-0.3, -0.25) is 9.79 Å². The van der Waals surface area contributed by atoms with Gasteiger partial charge < -0.3 is 50.8 Å². The number of guanidine groups is 1. The van der Waals surface area contributed by atoms with Crippen molar-refractivity contribution in [2.24, 2.45) is 22.6 Å². The van der Waals surface area contributed by atoms with Gasteiger partial charge in [-0.25, -0.2) is 0 Å². The van der Waals surface area contributed by atoms with Crippen molar-refractivity contribution in [1.82, 2.24) is 0 Å². The first-order valence-corrected chi connectivity index (χ1v) is 22.6. The number of carbonyl (C=O) groups is 1. The lowest BCUT2D eigenvalue weighted by molar-refractivity contribution is -0.121. The minimum Gasteiger partial charge on any atom is -0.508 e. The number of nitrogens with zero attached hydrogens (tertiary/aromatic N) is 1. The van der Waals surface area contributed by atoms with Crippen LogP contribution in [0, 0.1) is 23.9 Å². The molecule has 0 saturated heterocycles. The lowest BCUT2D eigenvalue weighted by Gasteiger charge is -2.30. The number of benzene rings is 4. The minimum absolute atomic E-state index is 0.00167. The van der Waals surface area contributed by atoms with Gasteiger partial charge in [0.15, 0.2) is 23.7 Å². The molecule has 0 fully saturated rings. The molecule has 0 saturated carbocycles. The molecule has 2 aliphatic heterocycles. The van der Waals surface area contributed by atoms with E-state index in [0.717, 1.165) is 59.0 Å². The molecule has 342 valence electrons. The summed E-state index contributed by atoms with van der Waals surface area (Å²) in [5.41, 5.74) is 12.6. The van der Waals surface area contributed by atoms with Crippen molar-refractivity contribution in [2.45, 2.75) is 102 Å². The fraction of sp³-hybridized carbons (Fsp3) is 0.396. The molecule has 4 unspecified atom stereocenters. The molecule has 6 bridgehead atoms. The number of nitrogens with two attached hydrogens (primary N) is 1. The van der Waals surface area contributed by atoms with Crippen LogP contribution in [0.25, 0.3) is 16.8 Å². The first-order chi connectivity index (χ1) is 31.5. The number of unbranched alkanes of at least 4 members (excludes halogenated alkanes) is 1. The second kappa shape index (κ2) is 21.6. The van der Waals surface area contributed by atoms with Crippen LogP contribution in [-0.4, -0.2) is 64.1 Å². The van der Waals surface area contributed by atoms with E-state index in [1.165, 1.54) is 5.56 Å². The Morgan fingerprint density at radius 2 is 1.86 bits per heavy atom. The van der Waals surface area contributed by atoms with Gasteiger partial charge in [-0.05, 0) is 138 Å². The van der Waals surface area contributed by atoms with Crippen molar-refractivity contribution in [1.29, 1.82) is 0 Å². The average Bonchev–Trinajstić information content (AvgIpc) is 3.29. The van der Waals surface area contributed by atoms with E-state index < -0.39 is 12.4 Å². The number of aryl methyl sites for hydroxylation is 2. The predicted octanol–water partition coefficient (Wildman–Crippen LogP) is 8.59. The van der Waals surface area contributed by atoms with E-state index >= 15 is 0 Å². The molecule has 8 rings (SSSR count). The minimum atomic E-state index is -1.83. The van der Waals surface area contributed by atoms with Crippen molar-refractivity contribution in [3.8, 4) is 29.3 Å². The second-order valence-corrected chi connectivity index (χ2v) is 17.3. The van der Waals surface area contributed by atoms with E-state index in [1.807, 2.05) is 49.4 Å². The molecule has 2 heterocycles. The number of ether oxygens (including phenoxy) is 3. The number of phenolic OH excluding ortho intramolecular Hbond substituents is 1. The number of fused-ring (bicyclic) bond motifs is 9. The van der Waals surface area contributed by atoms with Gasteiger partial charge in [0, 0.05) is 61.2 Å². The van der Waals surface area contributed by atoms with Crippen LogP contribution in [0.15, 0.2) is 89.2 Å². The molecule has 0 radical (unpaired) electrons. The lowest BCUT2D eigenvalue weighted by atomic mass is 9.77. The maximum atomic E-state index is 13.8. The van der Waals surface area contributed by atoms with Gasteiger partial charge in [0.2, 0.25) is 0 Å². The van der Waals surface area contributed by atoms with E-state index in [2.05, 4.69) is 40.5 Å². The Balaban J connectivity index is 1.19. The van der Waals surface area contributed by atoms with E-state index in [4.69, 9.17) is 19.9 Å². The lowest BCUT2D eigenvalue weighted by Crippen LogP contribution is -2.25. The zero-order chi connectivity index (χ0) is 46.0. The molecule has 0 spiro atoms. The van der Waals surface area contributed by atoms with Gasteiger partial charge in [-0.1, -0.05) is 55.7 Å². The highest BCUT2D eigenvalue weighted by Gasteiger charge is 2.30. The van der Waals surface area contributed by atoms with Gasteiger partial charge >= 0.3 is 0 Å². The Bertz CT molecular complexity index is 2560. The van der Waals surface area contributed by atoms with Crippen LogP contribution < -0.4 is 20.5 Å². The topological polar surface area (TPSA) is 196 Å². The number of methoxy groups -OCH3 is 1. The summed E-state index contributed by atoms with van der Waals surface area (Å²) in [6.45, 7) is 2.06. The van der Waals surface area contributed by atoms with E-state index in [9.17, 15) is 30.3 Å². The SMILES string of the molecule is CN=C(N)Nc1cccc(CCCCC2C=C(CCCO)C(O)=CC2CC2CC(=O)CCc3ccc(OC)c(c3)OCc3c(C(O)O)cc4c(c(O)cc5c4c3C=CC5C)CC#CO2)c1. The summed E-state index contributed by atoms with van der Waals surface area (Å²) in [5, 5.41) is 58.4. The monoisotopic (exact) mass is 883 g/mol. The summed E-state index contributed by atoms with van der Waals surface area (Å²) in [4.78, 5) is 17.8. The number of nitrogens with one attached hydrogen (secondary N) is 1. The average molecular weight is 884 g/mol. The zero-order valence-corrected chi connectivity index (χ0v) is 37.5. The van der Waals surface area contributed by atoms with Gasteiger partial charge in [-0.15, -0.1) is 0 Å². The summed E-state index contributed by atoms with van der Waals surface area (Å²) >= 11 is 0. The Morgan fingerprint density at radius 3 is 2.65 bits per heavy atom. The van der Waals surface area contributed by atoms with Crippen molar-refractivity contribution in [3.63, 3.8) is 0 Å². The van der Waals surface area contributed by atoms with Crippen molar-refractivity contribution < 1.29 is 44.5 Å². The molecule has 0 aromatic heterocycles. The van der Waals surface area contributed by atoms with Crippen LogP contribution in [0.5, 0.6) is 17.2 Å². The number of hydrogen-bond acceptors (Lipinski definition) is 10. The van der Waals surface area contributed by atoms with Crippen LogP contribution >= 0.6 is 0 Å². The van der Waals surface area contributed by atoms with E-state index in [0.29, 0.717) is 59.7 Å². The number of aliphatic hydroxyl groups excluding tert-OH is 3. The number of phenols is 1. The molecule has 12 nitrogen and oxygen atoms in total. The van der Waals surface area contributed by atoms with Crippen LogP contribution in [0.1, 0.15) is 109 Å². The van der Waals surface area contributed by atoms with E-state index in [-0.39, 0.29) is 73.1 Å². The number of allylic oxidation sites excluding steroid dienone is 4. The van der Waals surface area contributed by atoms with Gasteiger partial charge in [-0.2, -0.15) is 0 Å². The summed E-state index contributed by atoms with van der Waals surface area (Å²) in [6, 6.07) is 17.1. The van der Waals surface area contributed by atoms with Crippen molar-refractivity contribution in [2.75, 3.05) is 26.1 Å². The standard InChI is InChI=1S/C53H61N3O9/c1-32-15-19-42-46-31-65-50-24-34(17-20-49(50)63-3)16-18-39(58)28-40(64-22-8-14-41-44(29-45(46)52(61)62)51(42)43(32)30-48(41)60)26-37-27-47(59)36(12-7-21-57)25-35(37)11-5-4-9-33-10-6-13-38(23-33)56-53(54)55-2/h6,10,13,15,17,19-20,23-25,27,29-30,32,35,37,40,52,57,59-62H,4-5,7,9,11-12,14,16,18,21,26,28,31H2,1-3H3,(H3,54,55,56). The highest BCUT2D eigenvalue weighted by Crippen LogP contribution is 2.44. The number of ketones is 1. The Labute approximate surface area is 381 Å². The normalized spacial score (nSPS) is 19.9. The molecule has 2 aliphatic carbocycles. The number of aliphatic imine (C=N–C) groups is 1. The third-order valence-corrected chi connectivity index (χ3v) is 12.9. The van der Waals surface area contributed by atoms with Crippen molar-refractivity contribution >= 4 is 34.3 Å². The number of aromatic hydroxyl groups is 1. The summed E-state index contributed by atoms with van der Waals surface area (Å²) < 4.78 is 18.4. The van der Waals surface area contributed by atoms with Gasteiger partial charge in [0.25, 0.3) is 0 Å². The predicted molar refractivity (Wildman–Crippen MR) is 254 cm³/mol. The van der Waals surface area contributed by atoms with E-state index in [1.54, 1.807) is 32.4 Å². The Hall–Kier alpha value is -6.26. The maximum Gasteiger partial charge on any atom is 0.192 e. The molecular weight excluding hydrogens is 823 g/mol. The van der Waals surface area contributed by atoms with Crippen LogP contribution in [-0.2, 0) is 35.4 Å². The van der Waals surface area contributed by atoms with Gasteiger partial charge in [0.05, 0.1) is 7.11 Å². The third kappa shape index (κ3) is 11.3. The van der Waals surface area contributed by atoms with Crippen LogP contribution in [0.3, 0.4) is 0 Å². The highest BCUT2D eigenvalue weighted by atomic mass is 16.5. The smallest absolute Gasteiger partial charge is 0.192 e. The fourth-order valence-corrected chi connectivity index (χ4v) is 9.37. The number of Topliss-reactive ketones (excluding diaryl/α,β-unsaturated/α-hetero) is 1. The number of hydrogen-bond donors (Lipinski definition) is 7. The molecule has 4 aromatic rings. The summed E-state index contributed by atoms with van der Waals surface area (Å²) in [7, 11) is 3.19. The molecule has 4 aromatic carbocycles. The van der Waals surface area contributed by atoms with Gasteiger partial charge in [0.1, 0.15) is 36.1 Å². The number of rotatable bonds is 13. The first kappa shape index (κ1) is 46.7. The molecule has 4 atom stereocenters.